The Balaban J connectivity index is 2.04. The standard InChI is InChI=1S/C15H16N2O3/c1-19-12-8-6-11(7-9-12)10-20-14-5-3-2-4-13(14)17-15(16)18/h2-9H,10H2,1H3,(H3,16,17,18). The highest BCUT2D eigenvalue weighted by molar-refractivity contribution is 5.89. The Kier molecular flexibility index (Phi) is 4.44. The van der Waals surface area contributed by atoms with E-state index in [9.17, 15) is 4.79 Å². The molecule has 20 heavy (non-hydrogen) atoms. The second-order valence-electron chi connectivity index (χ2n) is 4.12. The fourth-order valence-corrected chi connectivity index (χ4v) is 1.71. The van der Waals surface area contributed by atoms with E-state index in [-0.39, 0.29) is 0 Å². The van der Waals surface area contributed by atoms with Crippen LogP contribution < -0.4 is 20.5 Å². The Morgan fingerprint density at radius 1 is 1.15 bits per heavy atom. The first-order chi connectivity index (χ1) is 9.69. The van der Waals surface area contributed by atoms with Gasteiger partial charge in [-0.15, -0.1) is 0 Å². The number of amides is 2. The van der Waals surface area contributed by atoms with Crippen LogP contribution in [0.25, 0.3) is 0 Å². The zero-order valence-corrected chi connectivity index (χ0v) is 11.1. The van der Waals surface area contributed by atoms with Crippen LogP contribution in [0.15, 0.2) is 48.5 Å². The summed E-state index contributed by atoms with van der Waals surface area (Å²) in [5.41, 5.74) is 6.66. The zero-order valence-electron chi connectivity index (χ0n) is 11.1. The first kappa shape index (κ1) is 13.7. The highest BCUT2D eigenvalue weighted by Gasteiger charge is 2.05. The molecule has 2 rings (SSSR count). The number of nitrogens with one attached hydrogen (secondary N) is 1. The summed E-state index contributed by atoms with van der Waals surface area (Å²) in [5, 5.41) is 2.52. The van der Waals surface area contributed by atoms with Crippen molar-refractivity contribution >= 4 is 11.7 Å². The molecule has 0 saturated carbocycles. The molecule has 0 saturated heterocycles. The lowest BCUT2D eigenvalue weighted by molar-refractivity contribution is 0.259. The molecule has 2 amide bonds. The summed E-state index contributed by atoms with van der Waals surface area (Å²) < 4.78 is 10.8. The smallest absolute Gasteiger partial charge is 0.316 e. The number of hydrogen-bond acceptors (Lipinski definition) is 3. The molecule has 0 radical (unpaired) electrons. The van der Waals surface area contributed by atoms with Crippen LogP contribution in [0.5, 0.6) is 11.5 Å². The molecule has 0 unspecified atom stereocenters. The van der Waals surface area contributed by atoms with Gasteiger partial charge in [0, 0.05) is 0 Å². The number of benzene rings is 2. The molecule has 0 spiro atoms. The average molecular weight is 272 g/mol. The quantitative estimate of drug-likeness (QED) is 0.879. The monoisotopic (exact) mass is 272 g/mol. The summed E-state index contributed by atoms with van der Waals surface area (Å²) in [4.78, 5) is 10.9. The fraction of sp³-hybridized carbons (Fsp3) is 0.133. The minimum atomic E-state index is -0.620. The molecule has 2 aromatic carbocycles. The lowest BCUT2D eigenvalue weighted by Gasteiger charge is -2.11. The van der Waals surface area contributed by atoms with E-state index in [4.69, 9.17) is 15.2 Å². The van der Waals surface area contributed by atoms with Crippen LogP contribution in [0.3, 0.4) is 0 Å². The summed E-state index contributed by atoms with van der Waals surface area (Å²) in [6, 6.07) is 14.1. The molecule has 0 aliphatic heterocycles. The molecule has 0 aliphatic rings. The Morgan fingerprint density at radius 2 is 1.85 bits per heavy atom. The fourth-order valence-electron chi connectivity index (χ4n) is 1.71. The molecule has 0 fully saturated rings. The van der Waals surface area contributed by atoms with Gasteiger partial charge in [0.1, 0.15) is 18.1 Å². The van der Waals surface area contributed by atoms with Crippen LogP contribution in [0, 0.1) is 0 Å². The van der Waals surface area contributed by atoms with E-state index in [0.717, 1.165) is 11.3 Å². The molecule has 0 atom stereocenters. The number of nitrogens with two attached hydrogens (primary N) is 1. The predicted molar refractivity (Wildman–Crippen MR) is 77.0 cm³/mol. The number of hydrogen-bond donors (Lipinski definition) is 2. The molecule has 5 heteroatoms. The Labute approximate surface area is 117 Å². The van der Waals surface area contributed by atoms with Crippen molar-refractivity contribution in [2.45, 2.75) is 6.61 Å². The largest absolute Gasteiger partial charge is 0.497 e. The number of rotatable bonds is 5. The lowest BCUT2D eigenvalue weighted by atomic mass is 10.2. The van der Waals surface area contributed by atoms with Crippen molar-refractivity contribution in [3.63, 3.8) is 0 Å². The predicted octanol–water partition coefficient (Wildman–Crippen LogP) is 2.76. The molecular formula is C15H16N2O3. The van der Waals surface area contributed by atoms with Gasteiger partial charge in [-0.1, -0.05) is 24.3 Å². The third-order valence-electron chi connectivity index (χ3n) is 2.70. The molecule has 2 aromatic rings. The Hall–Kier alpha value is -2.69. The number of urea groups is 1. The summed E-state index contributed by atoms with van der Waals surface area (Å²) in [7, 11) is 1.62. The maximum atomic E-state index is 10.9. The van der Waals surface area contributed by atoms with Crippen LogP contribution in [0.4, 0.5) is 10.5 Å². The van der Waals surface area contributed by atoms with Crippen LogP contribution >= 0.6 is 0 Å². The normalized spacial score (nSPS) is 9.85. The zero-order chi connectivity index (χ0) is 14.4. The van der Waals surface area contributed by atoms with Crippen LogP contribution in [0.1, 0.15) is 5.56 Å². The van der Waals surface area contributed by atoms with Crippen molar-refractivity contribution in [3.8, 4) is 11.5 Å². The van der Waals surface area contributed by atoms with Crippen molar-refractivity contribution in [2.75, 3.05) is 12.4 Å². The van der Waals surface area contributed by atoms with Crippen LogP contribution in [-0.2, 0) is 6.61 Å². The van der Waals surface area contributed by atoms with E-state index in [1.165, 1.54) is 0 Å². The van der Waals surface area contributed by atoms with E-state index in [1.54, 1.807) is 25.3 Å². The van der Waals surface area contributed by atoms with E-state index in [1.807, 2.05) is 30.3 Å². The van der Waals surface area contributed by atoms with Gasteiger partial charge in [0.05, 0.1) is 12.8 Å². The van der Waals surface area contributed by atoms with Gasteiger partial charge in [-0.3, -0.25) is 0 Å². The topological polar surface area (TPSA) is 73.6 Å². The number of methoxy groups -OCH3 is 1. The number of ether oxygens (including phenoxy) is 2. The van der Waals surface area contributed by atoms with Gasteiger partial charge < -0.3 is 20.5 Å². The minimum absolute atomic E-state index is 0.390. The summed E-state index contributed by atoms with van der Waals surface area (Å²) in [6.45, 7) is 0.390. The number of para-hydroxylation sites is 2. The van der Waals surface area contributed by atoms with Gasteiger partial charge in [0.2, 0.25) is 0 Å². The van der Waals surface area contributed by atoms with Crippen LogP contribution in [-0.4, -0.2) is 13.1 Å². The first-order valence-corrected chi connectivity index (χ1v) is 6.10. The Morgan fingerprint density at radius 3 is 2.50 bits per heavy atom. The Bertz CT molecular complexity index is 582. The maximum absolute atomic E-state index is 10.9. The first-order valence-electron chi connectivity index (χ1n) is 6.10. The van der Waals surface area contributed by atoms with E-state index in [2.05, 4.69) is 5.32 Å². The lowest BCUT2D eigenvalue weighted by Crippen LogP contribution is -2.19. The van der Waals surface area contributed by atoms with Gasteiger partial charge >= 0.3 is 6.03 Å². The van der Waals surface area contributed by atoms with Crippen molar-refractivity contribution < 1.29 is 14.3 Å². The average Bonchev–Trinajstić information content (AvgIpc) is 2.46. The minimum Gasteiger partial charge on any atom is -0.497 e. The number of carbonyl (C=O) groups excluding carboxylic acids is 1. The van der Waals surface area contributed by atoms with Gasteiger partial charge in [-0.05, 0) is 29.8 Å². The highest BCUT2D eigenvalue weighted by atomic mass is 16.5. The molecule has 0 aromatic heterocycles. The highest BCUT2D eigenvalue weighted by Crippen LogP contribution is 2.24. The molecule has 0 bridgehead atoms. The summed E-state index contributed by atoms with van der Waals surface area (Å²) in [6.07, 6.45) is 0. The molecule has 104 valence electrons. The number of anilines is 1. The van der Waals surface area contributed by atoms with Gasteiger partial charge in [-0.25, -0.2) is 4.79 Å². The molecule has 0 aliphatic carbocycles. The maximum Gasteiger partial charge on any atom is 0.316 e. The molecule has 5 nitrogen and oxygen atoms in total. The van der Waals surface area contributed by atoms with E-state index >= 15 is 0 Å². The molecular weight excluding hydrogens is 256 g/mol. The van der Waals surface area contributed by atoms with Crippen molar-refractivity contribution in [1.29, 1.82) is 0 Å². The van der Waals surface area contributed by atoms with Crippen molar-refractivity contribution in [1.82, 2.24) is 0 Å². The van der Waals surface area contributed by atoms with Gasteiger partial charge in [0.25, 0.3) is 0 Å². The molecule has 3 N–H and O–H groups in total. The summed E-state index contributed by atoms with van der Waals surface area (Å²) in [5.74, 6) is 1.37. The van der Waals surface area contributed by atoms with E-state index < -0.39 is 6.03 Å². The van der Waals surface area contributed by atoms with Gasteiger partial charge in [-0.2, -0.15) is 0 Å². The summed E-state index contributed by atoms with van der Waals surface area (Å²) >= 11 is 0. The number of carbonyl (C=O) groups is 1. The van der Waals surface area contributed by atoms with E-state index in [0.29, 0.717) is 18.0 Å². The third kappa shape index (κ3) is 3.65. The number of primary amides is 1. The SMILES string of the molecule is COc1ccc(COc2ccccc2NC(N)=O)cc1. The van der Waals surface area contributed by atoms with Crippen molar-refractivity contribution in [2.24, 2.45) is 5.73 Å². The van der Waals surface area contributed by atoms with Gasteiger partial charge in [0.15, 0.2) is 0 Å². The molecule has 0 heterocycles. The third-order valence-corrected chi connectivity index (χ3v) is 2.70. The second kappa shape index (κ2) is 6.47. The van der Waals surface area contributed by atoms with Crippen LogP contribution in [0.2, 0.25) is 0 Å². The van der Waals surface area contributed by atoms with Crippen molar-refractivity contribution in [3.05, 3.63) is 54.1 Å². The second-order valence-corrected chi connectivity index (χ2v) is 4.12.